The number of amides is 1. The highest BCUT2D eigenvalue weighted by Gasteiger charge is 2.39. The molecule has 4 rings (SSSR count). The molecule has 182 valence electrons. The lowest BCUT2D eigenvalue weighted by atomic mass is 10.0. The van der Waals surface area contributed by atoms with Gasteiger partial charge in [-0.1, -0.05) is 35.8 Å². The lowest BCUT2D eigenvalue weighted by molar-refractivity contribution is -0.146. The second kappa shape index (κ2) is 10.1. The van der Waals surface area contributed by atoms with E-state index in [0.29, 0.717) is 57.8 Å². The molecule has 0 bridgehead atoms. The first-order valence-corrected chi connectivity index (χ1v) is 11.5. The fraction of sp³-hybridized carbons (Fsp3) is 0.280. The first-order chi connectivity index (χ1) is 16.8. The van der Waals surface area contributed by atoms with E-state index in [-0.39, 0.29) is 5.92 Å². The lowest BCUT2D eigenvalue weighted by Crippen LogP contribution is -2.39. The lowest BCUT2D eigenvalue weighted by Gasteiger charge is -2.19. The molecule has 0 spiro atoms. The van der Waals surface area contributed by atoms with Crippen LogP contribution in [-0.2, 0) is 16.0 Å². The zero-order chi connectivity index (χ0) is 25.3. The van der Waals surface area contributed by atoms with Gasteiger partial charge in [0.1, 0.15) is 23.4 Å². The van der Waals surface area contributed by atoms with Gasteiger partial charge in [0.25, 0.3) is 0 Å². The van der Waals surface area contributed by atoms with Gasteiger partial charge in [-0.3, -0.25) is 4.79 Å². The topological polar surface area (TPSA) is 102 Å². The predicted molar refractivity (Wildman–Crippen MR) is 133 cm³/mol. The third-order valence-electron chi connectivity index (χ3n) is 6.09. The number of carboxylic acids is 1. The molecule has 1 fully saturated rings. The zero-order valence-corrected chi connectivity index (χ0v) is 20.6. The highest BCUT2D eigenvalue weighted by Crippen LogP contribution is 2.46. The Morgan fingerprint density at radius 3 is 2.49 bits per heavy atom. The number of aliphatic carboxylic acids is 1. The first-order valence-electron chi connectivity index (χ1n) is 10.8. The van der Waals surface area contributed by atoms with E-state index in [1.165, 1.54) is 19.1 Å². The Kier molecular flexibility index (Phi) is 7.14. The molecular weight excluding hydrogens is 493 g/mol. The number of likely N-dealkylation sites (tertiary alicyclic amines) is 1. The van der Waals surface area contributed by atoms with Gasteiger partial charge in [-0.2, -0.15) is 0 Å². The van der Waals surface area contributed by atoms with Gasteiger partial charge in [-0.05, 0) is 36.1 Å². The molecule has 2 heterocycles. The normalized spacial score (nSPS) is 17.4. The molecule has 0 aliphatic carbocycles. The fourth-order valence-corrected chi connectivity index (χ4v) is 5.11. The molecule has 0 radical (unpaired) electrons. The Morgan fingerprint density at radius 1 is 1.20 bits per heavy atom. The third kappa shape index (κ3) is 4.76. The number of nitrogens with zero attached hydrogens (tertiary/aromatic N) is 3. The molecule has 8 nitrogen and oxygen atoms in total. The van der Waals surface area contributed by atoms with Crippen LogP contribution in [0, 0.1) is 5.92 Å². The van der Waals surface area contributed by atoms with Crippen molar-refractivity contribution in [3.05, 3.63) is 59.0 Å². The Balaban J connectivity index is 1.62. The maximum absolute atomic E-state index is 12.1. The molecule has 0 unspecified atom stereocenters. The summed E-state index contributed by atoms with van der Waals surface area (Å²) < 4.78 is 10.7. The number of aromatic nitrogens is 2. The van der Waals surface area contributed by atoms with Gasteiger partial charge in [0.2, 0.25) is 5.91 Å². The Labute approximate surface area is 212 Å². The molecule has 1 aliphatic heterocycles. The van der Waals surface area contributed by atoms with E-state index < -0.39 is 17.9 Å². The minimum Gasteiger partial charge on any atom is -0.495 e. The van der Waals surface area contributed by atoms with E-state index in [2.05, 4.69) is 16.5 Å². The van der Waals surface area contributed by atoms with Gasteiger partial charge in [0, 0.05) is 36.2 Å². The van der Waals surface area contributed by atoms with Crippen molar-refractivity contribution >= 4 is 46.0 Å². The van der Waals surface area contributed by atoms with Crippen LogP contribution in [0.5, 0.6) is 11.5 Å². The van der Waals surface area contributed by atoms with E-state index >= 15 is 0 Å². The molecule has 1 saturated heterocycles. The summed E-state index contributed by atoms with van der Waals surface area (Å²) in [6.07, 6.45) is 3.63. The molecular formula is C25H23Cl2N3O5. The SMILES string of the molecule is C=CC(=O)N1C[C@@H](Cc2ncc3cc(-c4c(Cl)c(OC)cc(OC)c4Cl)ccc3n2)C[C@H]1C(=O)O. The second-order valence-electron chi connectivity index (χ2n) is 8.20. The summed E-state index contributed by atoms with van der Waals surface area (Å²) in [7, 11) is 3.03. The molecule has 2 aromatic carbocycles. The standard InChI is InChI=1S/C25H23Cl2N3O5/c1-4-21(31)30-12-13(7-17(30)25(32)33)8-20-28-11-15-9-14(5-6-16(15)29-20)22-23(26)18(34-2)10-19(35-3)24(22)27/h4-6,9-11,13,17H,1,7-8,12H2,2-3H3,(H,32,33)/t13-,17+/m1/s1. The maximum Gasteiger partial charge on any atom is 0.326 e. The highest BCUT2D eigenvalue weighted by atomic mass is 35.5. The van der Waals surface area contributed by atoms with Crippen molar-refractivity contribution in [2.24, 2.45) is 5.92 Å². The monoisotopic (exact) mass is 515 g/mol. The molecule has 1 aliphatic rings. The number of halogens is 2. The summed E-state index contributed by atoms with van der Waals surface area (Å²) in [4.78, 5) is 34.1. The third-order valence-corrected chi connectivity index (χ3v) is 6.84. The molecule has 0 saturated carbocycles. The van der Waals surface area contributed by atoms with E-state index in [1.54, 1.807) is 12.3 Å². The van der Waals surface area contributed by atoms with Gasteiger partial charge in [-0.15, -0.1) is 0 Å². The quantitative estimate of drug-likeness (QED) is 0.456. The highest BCUT2D eigenvalue weighted by molar-refractivity contribution is 6.41. The summed E-state index contributed by atoms with van der Waals surface area (Å²) in [6.45, 7) is 3.78. The number of carbonyl (C=O) groups is 2. The molecule has 10 heteroatoms. The van der Waals surface area contributed by atoms with Crippen molar-refractivity contribution in [1.29, 1.82) is 0 Å². The van der Waals surface area contributed by atoms with Crippen LogP contribution in [0.3, 0.4) is 0 Å². The van der Waals surface area contributed by atoms with Crippen LogP contribution in [-0.4, -0.2) is 58.7 Å². The molecule has 35 heavy (non-hydrogen) atoms. The smallest absolute Gasteiger partial charge is 0.326 e. The number of ether oxygens (including phenoxy) is 2. The number of carboxylic acid groups (broad SMARTS) is 1. The molecule has 2 atom stereocenters. The Morgan fingerprint density at radius 2 is 1.89 bits per heavy atom. The van der Waals surface area contributed by atoms with E-state index in [1.807, 2.05) is 18.2 Å². The van der Waals surface area contributed by atoms with Crippen LogP contribution < -0.4 is 9.47 Å². The molecule has 1 N–H and O–H groups in total. The summed E-state index contributed by atoms with van der Waals surface area (Å²) in [6, 6.07) is 6.34. The van der Waals surface area contributed by atoms with Gasteiger partial charge in [0.05, 0.1) is 29.8 Å². The molecule has 1 aromatic heterocycles. The summed E-state index contributed by atoms with van der Waals surface area (Å²) in [5, 5.41) is 11.0. The molecule has 1 amide bonds. The van der Waals surface area contributed by atoms with Gasteiger partial charge >= 0.3 is 5.97 Å². The van der Waals surface area contributed by atoms with Crippen LogP contribution >= 0.6 is 23.2 Å². The van der Waals surface area contributed by atoms with Crippen LogP contribution in [0.25, 0.3) is 22.0 Å². The van der Waals surface area contributed by atoms with Crippen molar-refractivity contribution in [3.8, 4) is 22.6 Å². The number of rotatable bonds is 7. The van der Waals surface area contributed by atoms with Crippen molar-refractivity contribution in [1.82, 2.24) is 14.9 Å². The van der Waals surface area contributed by atoms with Crippen LogP contribution in [0.2, 0.25) is 10.0 Å². The van der Waals surface area contributed by atoms with Crippen LogP contribution in [0.15, 0.2) is 43.1 Å². The largest absolute Gasteiger partial charge is 0.495 e. The Hall–Kier alpha value is -3.36. The van der Waals surface area contributed by atoms with Crippen molar-refractivity contribution < 1.29 is 24.2 Å². The minimum atomic E-state index is -1.03. The summed E-state index contributed by atoms with van der Waals surface area (Å²) >= 11 is 13.1. The second-order valence-corrected chi connectivity index (χ2v) is 8.95. The van der Waals surface area contributed by atoms with Gasteiger partial charge in [-0.25, -0.2) is 14.8 Å². The van der Waals surface area contributed by atoms with Crippen molar-refractivity contribution in [3.63, 3.8) is 0 Å². The van der Waals surface area contributed by atoms with Gasteiger partial charge in [0.15, 0.2) is 0 Å². The zero-order valence-electron chi connectivity index (χ0n) is 19.1. The van der Waals surface area contributed by atoms with Crippen LogP contribution in [0.1, 0.15) is 12.2 Å². The average molecular weight is 516 g/mol. The van der Waals surface area contributed by atoms with Crippen LogP contribution in [0.4, 0.5) is 0 Å². The predicted octanol–water partition coefficient (Wildman–Crippen LogP) is 4.65. The number of methoxy groups -OCH3 is 2. The fourth-order valence-electron chi connectivity index (χ4n) is 4.39. The summed E-state index contributed by atoms with van der Waals surface area (Å²) in [5.41, 5.74) is 2.04. The average Bonchev–Trinajstić information content (AvgIpc) is 3.28. The van der Waals surface area contributed by atoms with E-state index in [4.69, 9.17) is 32.7 Å². The van der Waals surface area contributed by atoms with E-state index in [0.717, 1.165) is 17.0 Å². The molecule has 3 aromatic rings. The number of hydrogen-bond donors (Lipinski definition) is 1. The number of hydrogen-bond acceptors (Lipinski definition) is 6. The maximum atomic E-state index is 12.1. The summed E-state index contributed by atoms with van der Waals surface area (Å²) in [5.74, 6) is -0.0332. The number of fused-ring (bicyclic) bond motifs is 1. The number of carbonyl (C=O) groups excluding carboxylic acids is 1. The van der Waals surface area contributed by atoms with Crippen molar-refractivity contribution in [2.75, 3.05) is 20.8 Å². The first kappa shape index (κ1) is 24.8. The van der Waals surface area contributed by atoms with E-state index in [9.17, 15) is 14.7 Å². The number of benzene rings is 2. The van der Waals surface area contributed by atoms with Gasteiger partial charge < -0.3 is 19.5 Å². The van der Waals surface area contributed by atoms with Crippen molar-refractivity contribution in [2.45, 2.75) is 18.9 Å². The Bertz CT molecular complexity index is 1300. The minimum absolute atomic E-state index is 0.0708.